The van der Waals surface area contributed by atoms with E-state index in [0.717, 1.165) is 0 Å². The van der Waals surface area contributed by atoms with Crippen LogP contribution in [0.1, 0.15) is 6.92 Å². The van der Waals surface area contributed by atoms with Crippen molar-refractivity contribution in [1.82, 2.24) is 0 Å². The van der Waals surface area contributed by atoms with Gasteiger partial charge in [0.2, 0.25) is 0 Å². The molecule has 0 N–H and O–H groups in total. The Morgan fingerprint density at radius 3 is 2.91 bits per heavy atom. The number of ether oxygens (including phenoxy) is 1. The molecule has 1 aromatic carbocycles. The summed E-state index contributed by atoms with van der Waals surface area (Å²) >= 11 is 3.14. The molecule has 0 fully saturated rings. The molecule has 11 heavy (non-hydrogen) atoms. The first-order valence-electron chi connectivity index (χ1n) is 3.23. The van der Waals surface area contributed by atoms with E-state index in [2.05, 4.69) is 22.0 Å². The Morgan fingerprint density at radius 2 is 2.36 bits per heavy atom. The second kappa shape index (κ2) is 3.72. The normalized spacial score (nSPS) is 9.73. The molecule has 0 saturated heterocycles. The molecule has 59 valence electrons. The van der Waals surface area contributed by atoms with Crippen LogP contribution < -0.4 is 4.74 Å². The molecule has 1 rings (SSSR count). The SMILES string of the molecule is CCOc1[c]c(F)cc(Br)c1. The molecular weight excluding hydrogens is 211 g/mol. The van der Waals surface area contributed by atoms with Crippen molar-refractivity contribution < 1.29 is 9.13 Å². The van der Waals surface area contributed by atoms with Crippen LogP contribution in [0, 0.1) is 11.9 Å². The average molecular weight is 218 g/mol. The molecule has 0 atom stereocenters. The summed E-state index contributed by atoms with van der Waals surface area (Å²) < 4.78 is 18.3. The molecule has 0 heterocycles. The van der Waals surface area contributed by atoms with Gasteiger partial charge in [-0.25, -0.2) is 4.39 Å². The lowest BCUT2D eigenvalue weighted by Crippen LogP contribution is -1.92. The fourth-order valence-corrected chi connectivity index (χ4v) is 1.12. The summed E-state index contributed by atoms with van der Waals surface area (Å²) in [6.07, 6.45) is 0. The van der Waals surface area contributed by atoms with Gasteiger partial charge in [-0.2, -0.15) is 0 Å². The van der Waals surface area contributed by atoms with Crippen LogP contribution in [0.25, 0.3) is 0 Å². The van der Waals surface area contributed by atoms with E-state index in [-0.39, 0.29) is 0 Å². The van der Waals surface area contributed by atoms with Crippen LogP contribution in [-0.2, 0) is 0 Å². The van der Waals surface area contributed by atoms with Crippen LogP contribution in [0.15, 0.2) is 16.6 Å². The molecule has 0 aliphatic carbocycles. The maximum Gasteiger partial charge on any atom is 0.136 e. The highest BCUT2D eigenvalue weighted by molar-refractivity contribution is 9.10. The molecule has 3 heteroatoms. The van der Waals surface area contributed by atoms with Crippen LogP contribution >= 0.6 is 15.9 Å². The Bertz CT molecular complexity index is 230. The first-order valence-corrected chi connectivity index (χ1v) is 4.03. The van der Waals surface area contributed by atoms with E-state index >= 15 is 0 Å². The zero-order valence-electron chi connectivity index (χ0n) is 6.03. The van der Waals surface area contributed by atoms with Crippen LogP contribution in [0.4, 0.5) is 4.39 Å². The Balaban J connectivity index is 2.89. The lowest BCUT2D eigenvalue weighted by molar-refractivity contribution is 0.337. The molecule has 1 nitrogen and oxygen atoms in total. The topological polar surface area (TPSA) is 9.23 Å². The minimum absolute atomic E-state index is 0.414. The zero-order valence-corrected chi connectivity index (χ0v) is 7.61. The maximum absolute atomic E-state index is 12.6. The summed E-state index contributed by atoms with van der Waals surface area (Å²) in [6.45, 7) is 2.36. The first kappa shape index (κ1) is 8.53. The van der Waals surface area contributed by atoms with Gasteiger partial charge < -0.3 is 4.74 Å². The highest BCUT2D eigenvalue weighted by atomic mass is 79.9. The molecule has 1 aromatic rings. The van der Waals surface area contributed by atoms with Crippen molar-refractivity contribution in [3.05, 3.63) is 28.5 Å². The standard InChI is InChI=1S/C8H7BrFO/c1-2-11-8-4-6(9)3-7(10)5-8/h3-4H,2H2,1H3. The van der Waals surface area contributed by atoms with E-state index in [1.165, 1.54) is 6.07 Å². The van der Waals surface area contributed by atoms with Crippen LogP contribution in [0.2, 0.25) is 0 Å². The van der Waals surface area contributed by atoms with Gasteiger partial charge in [0.25, 0.3) is 0 Å². The second-order valence-electron chi connectivity index (χ2n) is 1.94. The minimum Gasteiger partial charge on any atom is -0.493 e. The van der Waals surface area contributed by atoms with Crippen LogP contribution in [0.5, 0.6) is 5.75 Å². The average Bonchev–Trinajstić information content (AvgIpc) is 1.85. The second-order valence-corrected chi connectivity index (χ2v) is 2.86. The van der Waals surface area contributed by atoms with Gasteiger partial charge in [-0.1, -0.05) is 15.9 Å². The van der Waals surface area contributed by atoms with E-state index in [1.54, 1.807) is 6.07 Å². The molecule has 0 saturated carbocycles. The summed E-state index contributed by atoms with van der Waals surface area (Å²) in [5.74, 6) is 0.0159. The van der Waals surface area contributed by atoms with Crippen molar-refractivity contribution in [1.29, 1.82) is 0 Å². The van der Waals surface area contributed by atoms with Crippen molar-refractivity contribution in [2.75, 3.05) is 6.61 Å². The third-order valence-electron chi connectivity index (χ3n) is 1.08. The van der Waals surface area contributed by atoms with Gasteiger partial charge in [0.15, 0.2) is 0 Å². The van der Waals surface area contributed by atoms with Crippen molar-refractivity contribution in [2.24, 2.45) is 0 Å². The maximum atomic E-state index is 12.6. The lowest BCUT2D eigenvalue weighted by Gasteiger charge is -2.01. The lowest BCUT2D eigenvalue weighted by atomic mass is 10.3. The fourth-order valence-electron chi connectivity index (χ4n) is 0.711. The monoisotopic (exact) mass is 217 g/mol. The molecule has 0 amide bonds. The highest BCUT2D eigenvalue weighted by Gasteiger charge is 1.98. The third kappa shape index (κ3) is 2.50. The van der Waals surface area contributed by atoms with Crippen molar-refractivity contribution in [3.63, 3.8) is 0 Å². The smallest absolute Gasteiger partial charge is 0.136 e. The van der Waals surface area contributed by atoms with Gasteiger partial charge in [-0.05, 0) is 19.1 Å². The van der Waals surface area contributed by atoms with E-state index in [4.69, 9.17) is 4.74 Å². The van der Waals surface area contributed by atoms with E-state index < -0.39 is 5.82 Å². The summed E-state index contributed by atoms with van der Waals surface area (Å²) in [4.78, 5) is 0. The molecule has 1 radical (unpaired) electrons. The largest absolute Gasteiger partial charge is 0.493 e. The number of halogens is 2. The number of hydrogen-bond acceptors (Lipinski definition) is 1. The van der Waals surface area contributed by atoms with Crippen LogP contribution in [-0.4, -0.2) is 6.61 Å². The Hall–Kier alpha value is -0.570. The van der Waals surface area contributed by atoms with Gasteiger partial charge in [0, 0.05) is 4.47 Å². The van der Waals surface area contributed by atoms with Crippen molar-refractivity contribution in [2.45, 2.75) is 6.92 Å². The highest BCUT2D eigenvalue weighted by Crippen LogP contribution is 2.19. The van der Waals surface area contributed by atoms with Gasteiger partial charge in [0.1, 0.15) is 11.6 Å². The summed E-state index contributed by atoms with van der Waals surface area (Å²) in [6, 6.07) is 5.44. The van der Waals surface area contributed by atoms with Gasteiger partial charge in [-0.15, -0.1) is 0 Å². The number of hydrogen-bond donors (Lipinski definition) is 0. The van der Waals surface area contributed by atoms with Crippen molar-refractivity contribution in [3.8, 4) is 5.75 Å². The first-order chi connectivity index (χ1) is 5.22. The number of benzene rings is 1. The van der Waals surface area contributed by atoms with Crippen LogP contribution in [0.3, 0.4) is 0 Å². The zero-order chi connectivity index (χ0) is 8.27. The van der Waals surface area contributed by atoms with Crippen molar-refractivity contribution >= 4 is 15.9 Å². The minimum atomic E-state index is -0.414. The summed E-state index contributed by atoms with van der Waals surface area (Å²) in [5.41, 5.74) is 0. The Labute approximate surface area is 73.3 Å². The molecule has 0 aliphatic heterocycles. The third-order valence-corrected chi connectivity index (χ3v) is 1.53. The molecular formula is C8H7BrFO. The molecule has 0 aromatic heterocycles. The summed E-state index contributed by atoms with van der Waals surface area (Å²) in [7, 11) is 0. The molecule has 0 spiro atoms. The Kier molecular flexibility index (Phi) is 2.88. The number of rotatable bonds is 2. The summed E-state index contributed by atoms with van der Waals surface area (Å²) in [5, 5.41) is 0. The fraction of sp³-hybridized carbons (Fsp3) is 0.250. The predicted octanol–water partition coefficient (Wildman–Crippen LogP) is 2.79. The molecule has 0 unspecified atom stereocenters. The van der Waals surface area contributed by atoms with E-state index in [1.807, 2.05) is 6.92 Å². The van der Waals surface area contributed by atoms with Gasteiger partial charge in [-0.3, -0.25) is 0 Å². The van der Waals surface area contributed by atoms with Gasteiger partial charge >= 0.3 is 0 Å². The van der Waals surface area contributed by atoms with E-state index in [9.17, 15) is 4.39 Å². The molecule has 0 bridgehead atoms. The predicted molar refractivity (Wildman–Crippen MR) is 44.1 cm³/mol. The quantitative estimate of drug-likeness (QED) is 0.741. The van der Waals surface area contributed by atoms with E-state index in [0.29, 0.717) is 16.8 Å². The molecule has 0 aliphatic rings. The Morgan fingerprint density at radius 1 is 1.64 bits per heavy atom. The van der Waals surface area contributed by atoms with Gasteiger partial charge in [0.05, 0.1) is 12.7 Å².